The van der Waals surface area contributed by atoms with Crippen LogP contribution >= 0.6 is 35.0 Å². The van der Waals surface area contributed by atoms with E-state index in [2.05, 4.69) is 19.1 Å². The van der Waals surface area contributed by atoms with Crippen molar-refractivity contribution >= 4 is 35.0 Å². The zero-order chi connectivity index (χ0) is 14.6. The molecular formula is C16H17Cl2NS. The molecule has 0 bridgehead atoms. The Bertz CT molecular complexity index is 574. The van der Waals surface area contributed by atoms with Crippen molar-refractivity contribution in [2.45, 2.75) is 23.0 Å². The van der Waals surface area contributed by atoms with Crippen molar-refractivity contribution < 1.29 is 0 Å². The molecule has 0 heterocycles. The first-order chi connectivity index (χ1) is 9.55. The van der Waals surface area contributed by atoms with Crippen LogP contribution in [0.25, 0.3) is 0 Å². The highest BCUT2D eigenvalue weighted by molar-refractivity contribution is 8.00. The lowest BCUT2D eigenvalue weighted by atomic mass is 9.97. The molecular weight excluding hydrogens is 309 g/mol. The Balaban J connectivity index is 2.36. The lowest BCUT2D eigenvalue weighted by molar-refractivity contribution is 0.630. The van der Waals surface area contributed by atoms with Gasteiger partial charge in [-0.05, 0) is 43.7 Å². The number of hydrogen-bond donors (Lipinski definition) is 1. The highest BCUT2D eigenvalue weighted by atomic mass is 35.5. The predicted molar refractivity (Wildman–Crippen MR) is 89.8 cm³/mol. The Hall–Kier alpha value is -0.670. The maximum absolute atomic E-state index is 6.28. The van der Waals surface area contributed by atoms with Crippen LogP contribution in [0.5, 0.6) is 0 Å². The summed E-state index contributed by atoms with van der Waals surface area (Å²) in [5.74, 6) is 0. The van der Waals surface area contributed by atoms with E-state index in [1.807, 2.05) is 30.3 Å². The first-order valence-electron chi connectivity index (χ1n) is 6.45. The number of halogens is 2. The van der Waals surface area contributed by atoms with Crippen LogP contribution in [0.3, 0.4) is 0 Å². The minimum absolute atomic E-state index is 0.121. The molecule has 20 heavy (non-hydrogen) atoms. The molecule has 106 valence electrons. The molecule has 0 saturated heterocycles. The molecule has 1 atom stereocenters. The summed E-state index contributed by atoms with van der Waals surface area (Å²) >= 11 is 14.1. The summed E-state index contributed by atoms with van der Waals surface area (Å²) < 4.78 is -0.121. The Labute approximate surface area is 134 Å². The van der Waals surface area contributed by atoms with Gasteiger partial charge in [-0.2, -0.15) is 0 Å². The Morgan fingerprint density at radius 3 is 2.45 bits per heavy atom. The highest BCUT2D eigenvalue weighted by Crippen LogP contribution is 2.46. The van der Waals surface area contributed by atoms with Crippen LogP contribution in [0, 0.1) is 0 Å². The van der Waals surface area contributed by atoms with Crippen molar-refractivity contribution in [2.75, 3.05) is 6.54 Å². The van der Waals surface area contributed by atoms with Crippen molar-refractivity contribution in [3.8, 4) is 0 Å². The van der Waals surface area contributed by atoms with Crippen LogP contribution in [0.1, 0.15) is 18.9 Å². The summed E-state index contributed by atoms with van der Waals surface area (Å²) in [5.41, 5.74) is 7.04. The second-order valence-electron chi connectivity index (χ2n) is 4.81. The second kappa shape index (κ2) is 6.86. The van der Waals surface area contributed by atoms with Crippen molar-refractivity contribution in [2.24, 2.45) is 5.73 Å². The second-order valence-corrected chi connectivity index (χ2v) is 7.20. The smallest absolute Gasteiger partial charge is 0.0543 e. The average molecular weight is 326 g/mol. The summed E-state index contributed by atoms with van der Waals surface area (Å²) in [5, 5.41) is 1.42. The van der Waals surface area contributed by atoms with E-state index in [1.54, 1.807) is 17.8 Å². The van der Waals surface area contributed by atoms with Gasteiger partial charge in [0.15, 0.2) is 0 Å². The van der Waals surface area contributed by atoms with Crippen molar-refractivity contribution in [3.05, 3.63) is 64.1 Å². The molecule has 1 nitrogen and oxygen atoms in total. The fourth-order valence-corrected chi connectivity index (χ4v) is 3.90. The third-order valence-corrected chi connectivity index (χ3v) is 5.36. The van der Waals surface area contributed by atoms with E-state index >= 15 is 0 Å². The van der Waals surface area contributed by atoms with Gasteiger partial charge in [0.1, 0.15) is 0 Å². The van der Waals surface area contributed by atoms with Gasteiger partial charge in [0.05, 0.1) is 5.02 Å². The number of rotatable bonds is 5. The van der Waals surface area contributed by atoms with Gasteiger partial charge in [-0.3, -0.25) is 0 Å². The topological polar surface area (TPSA) is 26.0 Å². The van der Waals surface area contributed by atoms with E-state index in [1.165, 1.54) is 5.56 Å². The Morgan fingerprint density at radius 2 is 1.80 bits per heavy atom. The Morgan fingerprint density at radius 1 is 1.10 bits per heavy atom. The van der Waals surface area contributed by atoms with Gasteiger partial charge >= 0.3 is 0 Å². The van der Waals surface area contributed by atoms with Crippen LogP contribution < -0.4 is 5.73 Å². The molecule has 2 aromatic rings. The summed E-state index contributed by atoms with van der Waals surface area (Å²) in [6, 6.07) is 15.9. The molecule has 0 saturated carbocycles. The minimum Gasteiger partial charge on any atom is -0.330 e. The van der Waals surface area contributed by atoms with Crippen molar-refractivity contribution in [1.29, 1.82) is 0 Å². The standard InChI is InChI=1S/C16H17Cl2NS/c1-16(9-10-19,12-5-3-2-4-6-12)20-15-11-13(17)7-8-14(15)18/h2-8,11H,9-10,19H2,1H3. The fraction of sp³-hybridized carbons (Fsp3) is 0.250. The van der Waals surface area contributed by atoms with Crippen LogP contribution in [0.15, 0.2) is 53.4 Å². The predicted octanol–water partition coefficient (Wildman–Crippen LogP) is 5.35. The summed E-state index contributed by atoms with van der Waals surface area (Å²) in [6.45, 7) is 2.81. The quantitative estimate of drug-likeness (QED) is 0.750. The molecule has 0 aliphatic rings. The van der Waals surface area contributed by atoms with E-state index in [9.17, 15) is 0 Å². The van der Waals surface area contributed by atoms with Crippen molar-refractivity contribution in [3.63, 3.8) is 0 Å². The molecule has 0 spiro atoms. The number of benzene rings is 2. The van der Waals surface area contributed by atoms with Crippen LogP contribution in [0.4, 0.5) is 0 Å². The molecule has 0 amide bonds. The largest absolute Gasteiger partial charge is 0.330 e. The van der Waals surface area contributed by atoms with Gasteiger partial charge in [-0.25, -0.2) is 0 Å². The van der Waals surface area contributed by atoms with Crippen LogP contribution in [-0.4, -0.2) is 6.54 Å². The number of nitrogens with two attached hydrogens (primary N) is 1. The molecule has 4 heteroatoms. The number of thioether (sulfide) groups is 1. The van der Waals surface area contributed by atoms with Gasteiger partial charge in [0.25, 0.3) is 0 Å². The average Bonchev–Trinajstić information content (AvgIpc) is 2.44. The van der Waals surface area contributed by atoms with E-state index in [0.717, 1.165) is 16.3 Å². The third-order valence-electron chi connectivity index (χ3n) is 3.23. The lowest BCUT2D eigenvalue weighted by Gasteiger charge is -2.29. The van der Waals surface area contributed by atoms with E-state index in [-0.39, 0.29) is 4.75 Å². The van der Waals surface area contributed by atoms with Gasteiger partial charge in [0.2, 0.25) is 0 Å². The molecule has 0 aliphatic heterocycles. The highest BCUT2D eigenvalue weighted by Gasteiger charge is 2.28. The molecule has 2 rings (SSSR count). The summed E-state index contributed by atoms with van der Waals surface area (Å²) in [7, 11) is 0. The molecule has 0 radical (unpaired) electrons. The normalized spacial score (nSPS) is 14.0. The zero-order valence-corrected chi connectivity index (χ0v) is 13.6. The molecule has 1 unspecified atom stereocenters. The van der Waals surface area contributed by atoms with Gasteiger partial charge in [-0.1, -0.05) is 53.5 Å². The van der Waals surface area contributed by atoms with E-state index in [0.29, 0.717) is 11.6 Å². The molecule has 0 fully saturated rings. The summed E-state index contributed by atoms with van der Waals surface area (Å²) in [6.07, 6.45) is 0.866. The first kappa shape index (κ1) is 15.7. The first-order valence-corrected chi connectivity index (χ1v) is 8.02. The number of hydrogen-bond acceptors (Lipinski definition) is 2. The van der Waals surface area contributed by atoms with E-state index in [4.69, 9.17) is 28.9 Å². The van der Waals surface area contributed by atoms with Crippen LogP contribution in [0.2, 0.25) is 10.0 Å². The molecule has 0 aromatic heterocycles. The zero-order valence-electron chi connectivity index (χ0n) is 11.3. The maximum atomic E-state index is 6.28. The monoisotopic (exact) mass is 325 g/mol. The van der Waals surface area contributed by atoms with Crippen molar-refractivity contribution in [1.82, 2.24) is 0 Å². The summed E-state index contributed by atoms with van der Waals surface area (Å²) in [4.78, 5) is 0.985. The Kier molecular flexibility index (Phi) is 5.39. The minimum atomic E-state index is -0.121. The SMILES string of the molecule is CC(CCN)(Sc1cc(Cl)ccc1Cl)c1ccccc1. The van der Waals surface area contributed by atoms with Gasteiger partial charge in [0, 0.05) is 14.7 Å². The lowest BCUT2D eigenvalue weighted by Crippen LogP contribution is -2.21. The van der Waals surface area contributed by atoms with Crippen LogP contribution in [-0.2, 0) is 4.75 Å². The maximum Gasteiger partial charge on any atom is 0.0543 e. The van der Waals surface area contributed by atoms with Gasteiger partial charge < -0.3 is 5.73 Å². The third kappa shape index (κ3) is 3.70. The van der Waals surface area contributed by atoms with Gasteiger partial charge in [-0.15, -0.1) is 11.8 Å². The fourth-order valence-electron chi connectivity index (χ4n) is 2.12. The van der Waals surface area contributed by atoms with E-state index < -0.39 is 0 Å². The molecule has 2 aromatic carbocycles. The molecule has 2 N–H and O–H groups in total. The molecule has 0 aliphatic carbocycles.